The van der Waals surface area contributed by atoms with E-state index >= 15 is 0 Å². The van der Waals surface area contributed by atoms with Crippen molar-refractivity contribution >= 4 is 0 Å². The fraction of sp³-hybridized carbons (Fsp3) is 0.500. The van der Waals surface area contributed by atoms with E-state index in [1.54, 1.807) is 0 Å². The molecule has 1 aliphatic rings. The first-order valence-corrected chi connectivity index (χ1v) is 5.24. The molecule has 0 bridgehead atoms. The second-order valence-electron chi connectivity index (χ2n) is 3.95. The Bertz CT molecular complexity index is 357. The predicted molar refractivity (Wildman–Crippen MR) is 58.6 cm³/mol. The van der Waals surface area contributed by atoms with Gasteiger partial charge in [-0.3, -0.25) is 0 Å². The van der Waals surface area contributed by atoms with Crippen LogP contribution in [0.5, 0.6) is 0 Å². The largest absolute Gasteiger partial charge is 0.342 e. The SMILES string of the molecule is Cc1ccc(C2(CN)OCCO2)cc1C. The molecule has 0 aromatic heterocycles. The van der Waals surface area contributed by atoms with Gasteiger partial charge in [-0.25, -0.2) is 0 Å². The van der Waals surface area contributed by atoms with Gasteiger partial charge in [-0.1, -0.05) is 18.2 Å². The molecule has 2 N–H and O–H groups in total. The van der Waals surface area contributed by atoms with Crippen LogP contribution >= 0.6 is 0 Å². The molecule has 15 heavy (non-hydrogen) atoms. The van der Waals surface area contributed by atoms with Crippen molar-refractivity contribution in [3.63, 3.8) is 0 Å². The van der Waals surface area contributed by atoms with Crippen molar-refractivity contribution in [3.05, 3.63) is 34.9 Å². The van der Waals surface area contributed by atoms with Gasteiger partial charge in [0.15, 0.2) is 0 Å². The van der Waals surface area contributed by atoms with E-state index in [-0.39, 0.29) is 0 Å². The highest BCUT2D eigenvalue weighted by Crippen LogP contribution is 2.31. The zero-order chi connectivity index (χ0) is 10.9. The Balaban J connectivity index is 2.38. The molecule has 1 saturated heterocycles. The normalized spacial score (nSPS) is 19.4. The number of aryl methyl sites for hydroxylation is 2. The molecule has 0 radical (unpaired) electrons. The minimum atomic E-state index is -0.710. The van der Waals surface area contributed by atoms with Crippen LogP contribution in [0.2, 0.25) is 0 Å². The predicted octanol–water partition coefficient (Wildman–Crippen LogP) is 1.46. The summed E-state index contributed by atoms with van der Waals surface area (Å²) in [6, 6.07) is 6.20. The lowest BCUT2D eigenvalue weighted by Gasteiger charge is -2.26. The van der Waals surface area contributed by atoms with Crippen LogP contribution < -0.4 is 5.73 Å². The van der Waals surface area contributed by atoms with Crippen molar-refractivity contribution in [2.24, 2.45) is 5.73 Å². The summed E-state index contributed by atoms with van der Waals surface area (Å²) in [5.41, 5.74) is 9.26. The van der Waals surface area contributed by atoms with Crippen molar-refractivity contribution in [2.45, 2.75) is 19.6 Å². The van der Waals surface area contributed by atoms with E-state index in [9.17, 15) is 0 Å². The van der Waals surface area contributed by atoms with E-state index < -0.39 is 5.79 Å². The highest BCUT2D eigenvalue weighted by molar-refractivity contribution is 5.32. The highest BCUT2D eigenvalue weighted by Gasteiger charge is 2.37. The Labute approximate surface area is 90.2 Å². The maximum atomic E-state index is 5.74. The summed E-state index contributed by atoms with van der Waals surface area (Å²) in [6.45, 7) is 5.76. The number of nitrogens with two attached hydrogens (primary N) is 1. The summed E-state index contributed by atoms with van der Waals surface area (Å²) >= 11 is 0. The topological polar surface area (TPSA) is 44.5 Å². The molecule has 1 heterocycles. The molecule has 0 aliphatic carbocycles. The van der Waals surface area contributed by atoms with Crippen LogP contribution in [-0.2, 0) is 15.3 Å². The minimum Gasteiger partial charge on any atom is -0.342 e. The molecule has 0 spiro atoms. The molecule has 1 aliphatic heterocycles. The highest BCUT2D eigenvalue weighted by atomic mass is 16.7. The van der Waals surface area contributed by atoms with Gasteiger partial charge in [-0.15, -0.1) is 0 Å². The number of benzene rings is 1. The summed E-state index contributed by atoms with van der Waals surface area (Å²) in [5, 5.41) is 0. The molecule has 0 amide bonds. The third-order valence-electron chi connectivity index (χ3n) is 2.97. The molecule has 0 atom stereocenters. The standard InChI is InChI=1S/C12H17NO2/c1-9-3-4-11(7-10(9)2)12(8-13)14-5-6-15-12/h3-4,7H,5-6,8,13H2,1-2H3. The first-order valence-electron chi connectivity index (χ1n) is 5.24. The van der Waals surface area contributed by atoms with Crippen LogP contribution in [0.1, 0.15) is 16.7 Å². The van der Waals surface area contributed by atoms with Gasteiger partial charge in [0.2, 0.25) is 5.79 Å². The van der Waals surface area contributed by atoms with Gasteiger partial charge in [-0.05, 0) is 25.0 Å². The Morgan fingerprint density at radius 1 is 1.20 bits per heavy atom. The quantitative estimate of drug-likeness (QED) is 0.798. The molecule has 1 aromatic rings. The number of hydrogen-bond acceptors (Lipinski definition) is 3. The number of rotatable bonds is 2. The van der Waals surface area contributed by atoms with E-state index in [1.807, 2.05) is 6.07 Å². The molecular formula is C12H17NO2. The number of ether oxygens (including phenoxy) is 2. The van der Waals surface area contributed by atoms with Gasteiger partial charge in [0.1, 0.15) is 0 Å². The van der Waals surface area contributed by atoms with Gasteiger partial charge in [0.05, 0.1) is 19.8 Å². The Kier molecular flexibility index (Phi) is 2.78. The monoisotopic (exact) mass is 207 g/mol. The Morgan fingerprint density at radius 2 is 1.87 bits per heavy atom. The van der Waals surface area contributed by atoms with Crippen molar-refractivity contribution in [1.82, 2.24) is 0 Å². The van der Waals surface area contributed by atoms with Gasteiger partial charge in [0.25, 0.3) is 0 Å². The van der Waals surface area contributed by atoms with Crippen LogP contribution in [0.25, 0.3) is 0 Å². The molecule has 3 nitrogen and oxygen atoms in total. The minimum absolute atomic E-state index is 0.357. The van der Waals surface area contributed by atoms with Crippen LogP contribution in [0.4, 0.5) is 0 Å². The summed E-state index contributed by atoms with van der Waals surface area (Å²) in [6.07, 6.45) is 0. The maximum absolute atomic E-state index is 5.74. The average Bonchev–Trinajstić information content (AvgIpc) is 2.72. The van der Waals surface area contributed by atoms with Gasteiger partial charge in [-0.2, -0.15) is 0 Å². The van der Waals surface area contributed by atoms with E-state index in [0.29, 0.717) is 19.8 Å². The molecule has 0 saturated carbocycles. The van der Waals surface area contributed by atoms with Crippen LogP contribution in [-0.4, -0.2) is 19.8 Å². The van der Waals surface area contributed by atoms with Crippen molar-refractivity contribution < 1.29 is 9.47 Å². The molecule has 82 valence electrons. The smallest absolute Gasteiger partial charge is 0.207 e. The van der Waals surface area contributed by atoms with Crippen LogP contribution in [0.3, 0.4) is 0 Å². The zero-order valence-corrected chi connectivity index (χ0v) is 9.25. The molecule has 1 aromatic carbocycles. The molecule has 3 heteroatoms. The Morgan fingerprint density at radius 3 is 2.40 bits per heavy atom. The van der Waals surface area contributed by atoms with E-state index in [0.717, 1.165) is 5.56 Å². The molecule has 0 unspecified atom stereocenters. The molecule has 1 fully saturated rings. The summed E-state index contributed by atoms with van der Waals surface area (Å²) in [7, 11) is 0. The van der Waals surface area contributed by atoms with Crippen molar-refractivity contribution in [3.8, 4) is 0 Å². The molecule has 2 rings (SSSR count). The van der Waals surface area contributed by atoms with Gasteiger partial charge >= 0.3 is 0 Å². The van der Waals surface area contributed by atoms with Gasteiger partial charge < -0.3 is 15.2 Å². The first kappa shape index (κ1) is 10.6. The third kappa shape index (κ3) is 1.78. The summed E-state index contributed by atoms with van der Waals surface area (Å²) in [4.78, 5) is 0. The average molecular weight is 207 g/mol. The van der Waals surface area contributed by atoms with Crippen molar-refractivity contribution in [1.29, 1.82) is 0 Å². The first-order chi connectivity index (χ1) is 7.18. The fourth-order valence-corrected chi connectivity index (χ4v) is 1.84. The lowest BCUT2D eigenvalue weighted by molar-refractivity contribution is -0.156. The van der Waals surface area contributed by atoms with Crippen LogP contribution in [0.15, 0.2) is 18.2 Å². The third-order valence-corrected chi connectivity index (χ3v) is 2.97. The van der Waals surface area contributed by atoms with Gasteiger partial charge in [0, 0.05) is 5.56 Å². The number of hydrogen-bond donors (Lipinski definition) is 1. The van der Waals surface area contributed by atoms with E-state index in [1.165, 1.54) is 11.1 Å². The zero-order valence-electron chi connectivity index (χ0n) is 9.25. The van der Waals surface area contributed by atoms with Crippen molar-refractivity contribution in [2.75, 3.05) is 19.8 Å². The van der Waals surface area contributed by atoms with E-state index in [4.69, 9.17) is 15.2 Å². The summed E-state index contributed by atoms with van der Waals surface area (Å²) < 4.78 is 11.2. The lowest BCUT2D eigenvalue weighted by Crippen LogP contribution is -2.36. The fourth-order valence-electron chi connectivity index (χ4n) is 1.84. The summed E-state index contributed by atoms with van der Waals surface area (Å²) in [5.74, 6) is -0.710. The van der Waals surface area contributed by atoms with E-state index in [2.05, 4.69) is 26.0 Å². The maximum Gasteiger partial charge on any atom is 0.207 e. The second kappa shape index (κ2) is 3.93. The lowest BCUT2D eigenvalue weighted by atomic mass is 10.0. The second-order valence-corrected chi connectivity index (χ2v) is 3.95. The van der Waals surface area contributed by atoms with Crippen LogP contribution in [0, 0.1) is 13.8 Å². The molecular weight excluding hydrogens is 190 g/mol. The Hall–Kier alpha value is -0.900.